The van der Waals surface area contributed by atoms with Crippen LogP contribution < -0.4 is 5.32 Å². The number of hydrogen-bond acceptors (Lipinski definition) is 5. The van der Waals surface area contributed by atoms with E-state index in [0.29, 0.717) is 17.5 Å². The summed E-state index contributed by atoms with van der Waals surface area (Å²) in [6.07, 6.45) is 1.81. The number of thioether (sulfide) groups is 2. The Morgan fingerprint density at radius 3 is 2.71 bits per heavy atom. The molecule has 0 atom stereocenters. The van der Waals surface area contributed by atoms with Gasteiger partial charge in [-0.2, -0.15) is 0 Å². The van der Waals surface area contributed by atoms with Crippen molar-refractivity contribution in [3.63, 3.8) is 0 Å². The maximum absolute atomic E-state index is 12.4. The summed E-state index contributed by atoms with van der Waals surface area (Å²) in [7, 11) is 0. The van der Waals surface area contributed by atoms with Crippen LogP contribution in [0.1, 0.15) is 17.0 Å². The highest BCUT2D eigenvalue weighted by Crippen LogP contribution is 2.24. The number of carbonyl (C=O) groups excluding carboxylic acids is 1. The van der Waals surface area contributed by atoms with Crippen molar-refractivity contribution < 1.29 is 4.79 Å². The molecule has 0 aliphatic carbocycles. The van der Waals surface area contributed by atoms with Crippen LogP contribution in [-0.2, 0) is 22.8 Å². The Hall–Kier alpha value is -1.74. The van der Waals surface area contributed by atoms with Gasteiger partial charge in [0.25, 0.3) is 0 Å². The van der Waals surface area contributed by atoms with Gasteiger partial charge in [0, 0.05) is 27.5 Å². The molecule has 2 aromatic carbocycles. The van der Waals surface area contributed by atoms with E-state index in [2.05, 4.69) is 38.0 Å². The molecule has 1 heterocycles. The van der Waals surface area contributed by atoms with Gasteiger partial charge in [0.2, 0.25) is 5.91 Å². The molecule has 0 saturated carbocycles. The fraction of sp³-hybridized carbons (Fsp3) is 0.227. The van der Waals surface area contributed by atoms with Gasteiger partial charge in [-0.15, -0.1) is 28.5 Å². The monoisotopic (exact) mass is 536 g/mol. The third-order valence-electron chi connectivity index (χ3n) is 4.29. The SMILES string of the molecule is C=CCn1c(CSCc2ccc(Cl)cc2)nnc1SCC(=O)Nc1ccc(Br)c(C)c1. The number of allylic oxidation sites excluding steroid dienone is 1. The molecule has 31 heavy (non-hydrogen) atoms. The van der Waals surface area contributed by atoms with Crippen molar-refractivity contribution in [3.8, 4) is 0 Å². The van der Waals surface area contributed by atoms with Gasteiger partial charge < -0.3 is 9.88 Å². The van der Waals surface area contributed by atoms with E-state index in [-0.39, 0.29) is 11.7 Å². The summed E-state index contributed by atoms with van der Waals surface area (Å²) in [5.74, 6) is 2.61. The van der Waals surface area contributed by atoms with Gasteiger partial charge in [-0.05, 0) is 48.4 Å². The molecule has 9 heteroatoms. The van der Waals surface area contributed by atoms with Crippen LogP contribution >= 0.6 is 51.1 Å². The normalized spacial score (nSPS) is 10.8. The average Bonchev–Trinajstić information content (AvgIpc) is 3.13. The maximum atomic E-state index is 12.4. The zero-order chi connectivity index (χ0) is 22.2. The van der Waals surface area contributed by atoms with E-state index in [9.17, 15) is 4.79 Å². The van der Waals surface area contributed by atoms with Crippen LogP contribution in [-0.4, -0.2) is 26.4 Å². The first-order chi connectivity index (χ1) is 15.0. The van der Waals surface area contributed by atoms with Crippen molar-refractivity contribution in [2.75, 3.05) is 11.1 Å². The van der Waals surface area contributed by atoms with E-state index in [4.69, 9.17) is 11.6 Å². The van der Waals surface area contributed by atoms with Crippen LogP contribution in [0.25, 0.3) is 0 Å². The van der Waals surface area contributed by atoms with E-state index < -0.39 is 0 Å². The average molecular weight is 538 g/mol. The van der Waals surface area contributed by atoms with Gasteiger partial charge in [0.1, 0.15) is 5.82 Å². The standard InChI is InChI=1S/C22H22BrClN4OS2/c1-3-10-28-20(13-30-12-16-4-6-17(24)7-5-16)26-27-22(28)31-14-21(29)25-18-8-9-19(23)15(2)11-18/h3-9,11H,1,10,12-14H2,2H3,(H,25,29). The second-order valence-corrected chi connectivity index (χ2v) is 9.94. The minimum Gasteiger partial charge on any atom is -0.325 e. The van der Waals surface area contributed by atoms with Crippen LogP contribution in [0.2, 0.25) is 5.02 Å². The molecule has 3 aromatic rings. The topological polar surface area (TPSA) is 59.8 Å². The first kappa shape index (κ1) is 23.9. The van der Waals surface area contributed by atoms with Crippen molar-refractivity contribution in [1.29, 1.82) is 0 Å². The van der Waals surface area contributed by atoms with Crippen molar-refractivity contribution in [3.05, 3.63) is 81.6 Å². The third kappa shape index (κ3) is 7.14. The number of aryl methyl sites for hydroxylation is 1. The Morgan fingerprint density at radius 2 is 2.00 bits per heavy atom. The highest BCUT2D eigenvalue weighted by Gasteiger charge is 2.14. The second-order valence-electron chi connectivity index (χ2n) is 6.72. The molecule has 162 valence electrons. The molecule has 0 bridgehead atoms. The number of amides is 1. The number of anilines is 1. The fourth-order valence-corrected chi connectivity index (χ4v) is 4.80. The maximum Gasteiger partial charge on any atom is 0.234 e. The van der Waals surface area contributed by atoms with Gasteiger partial charge in [-0.3, -0.25) is 4.79 Å². The first-order valence-electron chi connectivity index (χ1n) is 9.50. The highest BCUT2D eigenvalue weighted by atomic mass is 79.9. The molecule has 5 nitrogen and oxygen atoms in total. The molecule has 3 rings (SSSR count). The summed E-state index contributed by atoms with van der Waals surface area (Å²) < 4.78 is 3.02. The Morgan fingerprint density at radius 1 is 1.23 bits per heavy atom. The number of nitrogens with zero attached hydrogens (tertiary/aromatic N) is 3. The fourth-order valence-electron chi connectivity index (χ4n) is 2.74. The van der Waals surface area contributed by atoms with Crippen molar-refractivity contribution in [2.24, 2.45) is 0 Å². The van der Waals surface area contributed by atoms with Crippen molar-refractivity contribution >= 4 is 62.6 Å². The smallest absolute Gasteiger partial charge is 0.234 e. The Bertz CT molecular complexity index is 1060. The number of rotatable bonds is 10. The van der Waals surface area contributed by atoms with E-state index in [1.807, 2.05) is 60.0 Å². The lowest BCUT2D eigenvalue weighted by molar-refractivity contribution is -0.113. The third-order valence-corrected chi connectivity index (χ3v) is 7.40. The van der Waals surface area contributed by atoms with E-state index in [0.717, 1.165) is 32.3 Å². The second kappa shape index (κ2) is 11.8. The summed E-state index contributed by atoms with van der Waals surface area (Å²) in [5.41, 5.74) is 3.05. The van der Waals surface area contributed by atoms with Gasteiger partial charge >= 0.3 is 0 Å². The van der Waals surface area contributed by atoms with E-state index in [1.54, 1.807) is 11.8 Å². The summed E-state index contributed by atoms with van der Waals surface area (Å²) in [6, 6.07) is 13.6. The Labute approximate surface area is 204 Å². The van der Waals surface area contributed by atoms with Crippen LogP contribution in [0.15, 0.2) is 64.7 Å². The van der Waals surface area contributed by atoms with Crippen LogP contribution in [0.4, 0.5) is 5.69 Å². The van der Waals surface area contributed by atoms with Gasteiger partial charge in [0.15, 0.2) is 5.16 Å². The predicted molar refractivity (Wildman–Crippen MR) is 135 cm³/mol. The summed E-state index contributed by atoms with van der Waals surface area (Å²) >= 11 is 12.5. The number of hydrogen-bond donors (Lipinski definition) is 1. The van der Waals surface area contributed by atoms with Gasteiger partial charge in [-0.25, -0.2) is 0 Å². The molecule has 0 spiro atoms. The van der Waals surface area contributed by atoms with Gasteiger partial charge in [-0.1, -0.05) is 57.5 Å². The molecular weight excluding hydrogens is 516 g/mol. The van der Waals surface area contributed by atoms with E-state index in [1.165, 1.54) is 17.3 Å². The van der Waals surface area contributed by atoms with Crippen molar-refractivity contribution in [2.45, 2.75) is 30.1 Å². The molecule has 1 amide bonds. The Kier molecular flexibility index (Phi) is 9.07. The Balaban J connectivity index is 1.56. The molecule has 0 saturated heterocycles. The minimum absolute atomic E-state index is 0.0847. The highest BCUT2D eigenvalue weighted by molar-refractivity contribution is 9.10. The molecule has 1 N–H and O–H groups in total. The quantitative estimate of drug-likeness (QED) is 0.241. The van der Waals surface area contributed by atoms with Crippen LogP contribution in [0, 0.1) is 6.92 Å². The minimum atomic E-state index is -0.0847. The molecule has 0 aliphatic rings. The summed E-state index contributed by atoms with van der Waals surface area (Å²) in [4.78, 5) is 12.4. The summed E-state index contributed by atoms with van der Waals surface area (Å²) in [5, 5.41) is 13.0. The lowest BCUT2D eigenvalue weighted by Gasteiger charge is -2.09. The van der Waals surface area contributed by atoms with Crippen molar-refractivity contribution in [1.82, 2.24) is 14.8 Å². The van der Waals surface area contributed by atoms with Gasteiger partial charge in [0.05, 0.1) is 11.5 Å². The molecule has 1 aromatic heterocycles. The molecule has 0 radical (unpaired) electrons. The zero-order valence-corrected chi connectivity index (χ0v) is 21.0. The number of nitrogens with one attached hydrogen (secondary N) is 1. The lowest BCUT2D eigenvalue weighted by atomic mass is 10.2. The lowest BCUT2D eigenvalue weighted by Crippen LogP contribution is -2.15. The van der Waals surface area contributed by atoms with Crippen LogP contribution in [0.3, 0.4) is 0 Å². The number of aromatic nitrogens is 3. The van der Waals surface area contributed by atoms with Crippen LogP contribution in [0.5, 0.6) is 0 Å². The summed E-state index contributed by atoms with van der Waals surface area (Å²) in [6.45, 7) is 6.41. The number of halogens is 2. The zero-order valence-electron chi connectivity index (χ0n) is 17.0. The number of carbonyl (C=O) groups is 1. The predicted octanol–water partition coefficient (Wildman–Crippen LogP) is 6.35. The molecule has 0 aliphatic heterocycles. The number of benzene rings is 2. The largest absolute Gasteiger partial charge is 0.325 e. The van der Waals surface area contributed by atoms with E-state index >= 15 is 0 Å². The molecular formula is C22H22BrClN4OS2. The molecule has 0 fully saturated rings. The molecule has 0 unspecified atom stereocenters. The first-order valence-corrected chi connectivity index (χ1v) is 12.8.